The molecule has 0 atom stereocenters. The third-order valence-electron chi connectivity index (χ3n) is 2.19. The molecule has 1 rings (SSSR count). The first-order chi connectivity index (χ1) is 7.25. The molecule has 3 heteroatoms. The summed E-state index contributed by atoms with van der Waals surface area (Å²) in [5, 5.41) is 1.02. The Balaban J connectivity index is 2.34. The minimum atomic E-state index is -0.238. The molecule has 0 unspecified atom stereocenters. The van der Waals surface area contributed by atoms with Gasteiger partial charge in [0, 0.05) is 5.33 Å². The molecule has 0 amide bonds. The fourth-order valence-corrected chi connectivity index (χ4v) is 1.68. The second kappa shape index (κ2) is 6.83. The average molecular weight is 275 g/mol. The molecule has 0 spiro atoms. The minimum Gasteiger partial charge on any atom is -0.491 e. The van der Waals surface area contributed by atoms with E-state index in [1.165, 1.54) is 0 Å². The number of aryl methyl sites for hydroxylation is 1. The first-order valence-corrected chi connectivity index (χ1v) is 6.31. The molecule has 0 saturated carbocycles. The number of alkyl halides is 1. The molecule has 0 N–H and O–H groups in total. The monoisotopic (exact) mass is 274 g/mol. The zero-order chi connectivity index (χ0) is 11.1. The van der Waals surface area contributed by atoms with Crippen LogP contribution in [0, 0.1) is 12.7 Å². The fraction of sp³-hybridized carbons (Fsp3) is 0.500. The van der Waals surface area contributed by atoms with Crippen LogP contribution in [0.3, 0.4) is 0 Å². The summed E-state index contributed by atoms with van der Waals surface area (Å²) in [6.07, 6.45) is 3.22. The molecule has 1 aromatic rings. The first kappa shape index (κ1) is 12.5. The number of hydrogen-bond donors (Lipinski definition) is 0. The molecule has 0 bridgehead atoms. The second-order valence-corrected chi connectivity index (χ2v) is 4.28. The molecule has 0 radical (unpaired) electrons. The maximum absolute atomic E-state index is 13.4. The molecule has 1 nitrogen and oxygen atoms in total. The number of halogens is 2. The van der Waals surface area contributed by atoms with Crippen molar-refractivity contribution in [2.24, 2.45) is 0 Å². The van der Waals surface area contributed by atoms with Gasteiger partial charge in [0.05, 0.1) is 6.61 Å². The van der Waals surface area contributed by atoms with Crippen LogP contribution in [0.1, 0.15) is 24.8 Å². The Morgan fingerprint density at radius 2 is 2.07 bits per heavy atom. The van der Waals surface area contributed by atoms with Gasteiger partial charge < -0.3 is 4.74 Å². The Morgan fingerprint density at radius 1 is 1.27 bits per heavy atom. The van der Waals surface area contributed by atoms with Crippen molar-refractivity contribution < 1.29 is 9.13 Å². The van der Waals surface area contributed by atoms with E-state index >= 15 is 0 Å². The zero-order valence-corrected chi connectivity index (χ0v) is 10.5. The predicted octanol–water partition coefficient (Wildman–Crippen LogP) is 4.08. The summed E-state index contributed by atoms with van der Waals surface area (Å²) in [4.78, 5) is 0. The van der Waals surface area contributed by atoms with E-state index in [9.17, 15) is 4.39 Å². The van der Waals surface area contributed by atoms with E-state index in [4.69, 9.17) is 4.74 Å². The standard InChI is InChI=1S/C12H16BrFO/c1-10-6-5-7-11(12(10)14)15-9-4-2-3-8-13/h5-7H,2-4,8-9H2,1H3. The maximum Gasteiger partial charge on any atom is 0.167 e. The fourth-order valence-electron chi connectivity index (χ4n) is 1.29. The average Bonchev–Trinajstić information content (AvgIpc) is 2.24. The van der Waals surface area contributed by atoms with Crippen LogP contribution in [0.5, 0.6) is 5.75 Å². The molecule has 0 heterocycles. The molecule has 0 saturated heterocycles. The van der Waals surface area contributed by atoms with E-state index in [1.54, 1.807) is 19.1 Å². The highest BCUT2D eigenvalue weighted by molar-refractivity contribution is 9.09. The van der Waals surface area contributed by atoms with Crippen LogP contribution in [-0.4, -0.2) is 11.9 Å². The first-order valence-electron chi connectivity index (χ1n) is 5.19. The molecule has 0 fully saturated rings. The van der Waals surface area contributed by atoms with Crippen molar-refractivity contribution in [2.75, 3.05) is 11.9 Å². The molecule has 0 aliphatic carbocycles. The largest absolute Gasteiger partial charge is 0.491 e. The lowest BCUT2D eigenvalue weighted by Gasteiger charge is -2.07. The van der Waals surface area contributed by atoms with Gasteiger partial charge in [-0.2, -0.15) is 0 Å². The van der Waals surface area contributed by atoms with E-state index in [0.717, 1.165) is 24.6 Å². The Morgan fingerprint density at radius 3 is 2.80 bits per heavy atom. The molecule has 0 aliphatic rings. The van der Waals surface area contributed by atoms with Gasteiger partial charge in [-0.25, -0.2) is 4.39 Å². The molecular weight excluding hydrogens is 259 g/mol. The predicted molar refractivity (Wildman–Crippen MR) is 64.3 cm³/mol. The Bertz CT molecular complexity index is 302. The summed E-state index contributed by atoms with van der Waals surface area (Å²) in [5.74, 6) is 0.131. The van der Waals surface area contributed by atoms with Gasteiger partial charge >= 0.3 is 0 Å². The number of ether oxygens (including phenoxy) is 1. The number of rotatable bonds is 6. The van der Waals surface area contributed by atoms with Gasteiger partial charge in [-0.3, -0.25) is 0 Å². The number of hydrogen-bond acceptors (Lipinski definition) is 1. The van der Waals surface area contributed by atoms with Gasteiger partial charge in [-0.05, 0) is 37.8 Å². The van der Waals surface area contributed by atoms with Crippen molar-refractivity contribution in [3.05, 3.63) is 29.6 Å². The van der Waals surface area contributed by atoms with Gasteiger partial charge in [0.15, 0.2) is 11.6 Å². The number of unbranched alkanes of at least 4 members (excludes halogenated alkanes) is 2. The van der Waals surface area contributed by atoms with Crippen LogP contribution in [0.15, 0.2) is 18.2 Å². The highest BCUT2D eigenvalue weighted by atomic mass is 79.9. The summed E-state index contributed by atoms with van der Waals surface area (Å²) >= 11 is 3.37. The van der Waals surface area contributed by atoms with Crippen molar-refractivity contribution >= 4 is 15.9 Å². The normalized spacial score (nSPS) is 10.3. The van der Waals surface area contributed by atoms with Gasteiger partial charge in [0.2, 0.25) is 0 Å². The van der Waals surface area contributed by atoms with Crippen LogP contribution >= 0.6 is 15.9 Å². The Kier molecular flexibility index (Phi) is 5.69. The Labute approximate surface area is 98.8 Å². The maximum atomic E-state index is 13.4. The van der Waals surface area contributed by atoms with Crippen molar-refractivity contribution in [1.29, 1.82) is 0 Å². The van der Waals surface area contributed by atoms with Crippen LogP contribution in [0.25, 0.3) is 0 Å². The molecule has 15 heavy (non-hydrogen) atoms. The van der Waals surface area contributed by atoms with Gasteiger partial charge in [0.1, 0.15) is 0 Å². The van der Waals surface area contributed by atoms with E-state index in [2.05, 4.69) is 15.9 Å². The van der Waals surface area contributed by atoms with Crippen molar-refractivity contribution in [3.63, 3.8) is 0 Å². The van der Waals surface area contributed by atoms with Crippen LogP contribution in [0.4, 0.5) is 4.39 Å². The summed E-state index contributed by atoms with van der Waals surface area (Å²) in [5.41, 5.74) is 0.632. The summed E-state index contributed by atoms with van der Waals surface area (Å²) in [7, 11) is 0. The molecule has 84 valence electrons. The third-order valence-corrected chi connectivity index (χ3v) is 2.75. The molecule has 1 aromatic carbocycles. The van der Waals surface area contributed by atoms with Crippen molar-refractivity contribution in [3.8, 4) is 5.75 Å². The summed E-state index contributed by atoms with van der Waals surface area (Å²) in [6, 6.07) is 5.23. The highest BCUT2D eigenvalue weighted by Gasteiger charge is 2.04. The molecule has 0 aliphatic heterocycles. The van der Waals surface area contributed by atoms with E-state index in [1.807, 2.05) is 6.07 Å². The lowest BCUT2D eigenvalue weighted by molar-refractivity contribution is 0.291. The van der Waals surface area contributed by atoms with Crippen molar-refractivity contribution in [2.45, 2.75) is 26.2 Å². The lowest BCUT2D eigenvalue weighted by Crippen LogP contribution is -2.00. The third kappa shape index (κ3) is 4.20. The topological polar surface area (TPSA) is 9.23 Å². The van der Waals surface area contributed by atoms with Crippen LogP contribution in [-0.2, 0) is 0 Å². The number of benzene rings is 1. The second-order valence-electron chi connectivity index (χ2n) is 3.49. The molecule has 0 aromatic heterocycles. The van der Waals surface area contributed by atoms with Crippen LogP contribution < -0.4 is 4.74 Å². The van der Waals surface area contributed by atoms with E-state index in [0.29, 0.717) is 17.9 Å². The highest BCUT2D eigenvalue weighted by Crippen LogP contribution is 2.19. The lowest BCUT2D eigenvalue weighted by atomic mass is 10.2. The quantitative estimate of drug-likeness (QED) is 0.561. The van der Waals surface area contributed by atoms with E-state index < -0.39 is 0 Å². The van der Waals surface area contributed by atoms with Crippen molar-refractivity contribution in [1.82, 2.24) is 0 Å². The smallest absolute Gasteiger partial charge is 0.167 e. The zero-order valence-electron chi connectivity index (χ0n) is 8.93. The van der Waals surface area contributed by atoms with E-state index in [-0.39, 0.29) is 5.82 Å². The SMILES string of the molecule is Cc1cccc(OCCCCCBr)c1F. The summed E-state index contributed by atoms with van der Waals surface area (Å²) < 4.78 is 18.8. The van der Waals surface area contributed by atoms with Gasteiger partial charge in [-0.1, -0.05) is 28.1 Å². The minimum absolute atomic E-state index is 0.238. The molecular formula is C12H16BrFO. The van der Waals surface area contributed by atoms with Gasteiger partial charge in [0.25, 0.3) is 0 Å². The van der Waals surface area contributed by atoms with Gasteiger partial charge in [-0.15, -0.1) is 0 Å². The van der Waals surface area contributed by atoms with Crippen LogP contribution in [0.2, 0.25) is 0 Å². The Hall–Kier alpha value is -0.570. The summed E-state index contributed by atoms with van der Waals surface area (Å²) in [6.45, 7) is 2.33.